The van der Waals surface area contributed by atoms with Gasteiger partial charge in [-0.25, -0.2) is 0 Å². The maximum atomic E-state index is 13.6. The van der Waals surface area contributed by atoms with Crippen LogP contribution in [0.1, 0.15) is 86.7 Å². The molecule has 0 fully saturated rings. The fourth-order valence-electron chi connectivity index (χ4n) is 5.02. The van der Waals surface area contributed by atoms with Crippen molar-refractivity contribution in [1.82, 2.24) is 9.80 Å². The summed E-state index contributed by atoms with van der Waals surface area (Å²) in [4.78, 5) is 56.3. The second kappa shape index (κ2) is 7.66. The van der Waals surface area contributed by atoms with E-state index in [0.29, 0.717) is 45.9 Å². The van der Waals surface area contributed by atoms with E-state index in [1.54, 1.807) is 24.3 Å². The van der Waals surface area contributed by atoms with Gasteiger partial charge in [-0.15, -0.1) is 0 Å². The molecule has 33 heavy (non-hydrogen) atoms. The Morgan fingerprint density at radius 1 is 0.606 bits per heavy atom. The number of imide groups is 2. The fourth-order valence-corrected chi connectivity index (χ4v) is 5.02. The average Bonchev–Trinajstić information content (AvgIpc) is 2.84. The van der Waals surface area contributed by atoms with Crippen molar-refractivity contribution >= 4 is 34.4 Å². The van der Waals surface area contributed by atoms with Crippen LogP contribution in [0.2, 0.25) is 0 Å². The highest BCUT2D eigenvalue weighted by Crippen LogP contribution is 2.40. The Morgan fingerprint density at radius 3 is 1.42 bits per heavy atom. The number of carbonyl (C=O) groups excluding carboxylic acids is 4. The summed E-state index contributed by atoms with van der Waals surface area (Å²) < 4.78 is 0. The predicted octanol–water partition coefficient (Wildman–Crippen LogP) is 4.98. The molecular weight excluding hydrogens is 416 g/mol. The maximum absolute atomic E-state index is 13.6. The molecule has 4 amide bonds. The Morgan fingerprint density at radius 2 is 1.03 bits per heavy atom. The van der Waals surface area contributed by atoms with Gasteiger partial charge >= 0.3 is 0 Å². The molecule has 0 radical (unpaired) electrons. The van der Waals surface area contributed by atoms with E-state index in [2.05, 4.69) is 0 Å². The first-order valence-electron chi connectivity index (χ1n) is 11.3. The molecule has 0 aromatic heterocycles. The molecule has 2 aliphatic heterocycles. The number of nitrogens with zero attached hydrogens (tertiary/aromatic N) is 2. The zero-order chi connectivity index (χ0) is 23.4. The van der Waals surface area contributed by atoms with Gasteiger partial charge < -0.3 is 0 Å². The Bertz CT molecular complexity index is 1270. The van der Waals surface area contributed by atoms with Crippen LogP contribution < -0.4 is 0 Å². The Kier molecular flexibility index (Phi) is 4.89. The van der Waals surface area contributed by atoms with Gasteiger partial charge in [0.25, 0.3) is 23.6 Å². The molecule has 2 heterocycles. The molecule has 166 valence electrons. The van der Waals surface area contributed by atoms with Gasteiger partial charge in [-0.1, -0.05) is 44.2 Å². The van der Waals surface area contributed by atoms with Crippen LogP contribution in [-0.2, 0) is 0 Å². The Balaban J connectivity index is 1.71. The maximum Gasteiger partial charge on any atom is 0.261 e. The molecule has 2 unspecified atom stereocenters. The third kappa shape index (κ3) is 2.86. The van der Waals surface area contributed by atoms with Crippen molar-refractivity contribution in [3.63, 3.8) is 0 Å². The lowest BCUT2D eigenvalue weighted by atomic mass is 9.84. The summed E-state index contributed by atoms with van der Waals surface area (Å²) in [5, 5.41) is 0.818. The standard InChI is InChI=1S/C27H24N2O4/c1-4-15(3)28-24(30)17-11-13-19-23-20(14-12-18(22(17)23)25(28)31)27(33)29(26(19)32)21(5-2)16-9-7-6-8-10-16/h6-15,21H,4-5H2,1-3H3. The summed E-state index contributed by atoms with van der Waals surface area (Å²) in [7, 11) is 0. The van der Waals surface area contributed by atoms with Crippen molar-refractivity contribution in [2.45, 2.75) is 45.7 Å². The monoisotopic (exact) mass is 440 g/mol. The van der Waals surface area contributed by atoms with Crippen molar-refractivity contribution in [3.05, 3.63) is 82.4 Å². The SMILES string of the molecule is CCC(C)N1C(=O)c2ccc3c4c(ccc(c24)C1=O)C(=O)N(C(CC)c1ccccc1)C3=O. The normalized spacial score (nSPS) is 17.1. The van der Waals surface area contributed by atoms with Crippen LogP contribution in [0, 0.1) is 0 Å². The summed E-state index contributed by atoms with van der Waals surface area (Å²) in [6.07, 6.45) is 1.20. The van der Waals surface area contributed by atoms with Crippen molar-refractivity contribution < 1.29 is 19.2 Å². The number of benzene rings is 3. The highest BCUT2D eigenvalue weighted by molar-refractivity contribution is 6.33. The summed E-state index contributed by atoms with van der Waals surface area (Å²) >= 11 is 0. The molecule has 5 rings (SSSR count). The van der Waals surface area contributed by atoms with E-state index in [1.165, 1.54) is 9.80 Å². The molecule has 0 spiro atoms. The summed E-state index contributed by atoms with van der Waals surface area (Å²) in [6, 6.07) is 15.3. The fraction of sp³-hybridized carbons (Fsp3) is 0.259. The van der Waals surface area contributed by atoms with Crippen LogP contribution in [0.25, 0.3) is 10.8 Å². The first-order valence-corrected chi connectivity index (χ1v) is 11.3. The number of carbonyl (C=O) groups is 4. The highest BCUT2D eigenvalue weighted by atomic mass is 16.2. The van der Waals surface area contributed by atoms with E-state index < -0.39 is 17.9 Å². The molecule has 6 nitrogen and oxygen atoms in total. The van der Waals surface area contributed by atoms with Crippen molar-refractivity contribution in [2.75, 3.05) is 0 Å². The first-order chi connectivity index (χ1) is 15.9. The third-order valence-electron chi connectivity index (χ3n) is 6.87. The lowest BCUT2D eigenvalue weighted by Crippen LogP contribution is -2.47. The minimum atomic E-state index is -0.411. The van der Waals surface area contributed by atoms with Crippen LogP contribution in [0.15, 0.2) is 54.6 Å². The number of amides is 4. The van der Waals surface area contributed by atoms with Crippen LogP contribution in [0.3, 0.4) is 0 Å². The van der Waals surface area contributed by atoms with E-state index in [4.69, 9.17) is 0 Å². The van der Waals surface area contributed by atoms with E-state index in [0.717, 1.165) is 5.56 Å². The smallest absolute Gasteiger partial charge is 0.261 e. The Labute approximate surface area is 191 Å². The van der Waals surface area contributed by atoms with Gasteiger partial charge in [0.05, 0.1) is 6.04 Å². The summed E-state index contributed by atoms with van der Waals surface area (Å²) in [6.45, 7) is 5.70. The summed E-state index contributed by atoms with van der Waals surface area (Å²) in [5.41, 5.74) is 2.28. The molecule has 3 aromatic rings. The molecular formula is C27H24N2O4. The van der Waals surface area contributed by atoms with E-state index in [-0.39, 0.29) is 17.9 Å². The second-order valence-corrected chi connectivity index (χ2v) is 8.62. The van der Waals surface area contributed by atoms with Gasteiger partial charge in [0.1, 0.15) is 0 Å². The third-order valence-corrected chi connectivity index (χ3v) is 6.87. The number of hydrogen-bond donors (Lipinski definition) is 0. The first kappa shape index (κ1) is 21.1. The minimum absolute atomic E-state index is 0.254. The van der Waals surface area contributed by atoms with Gasteiger partial charge in [0, 0.05) is 39.1 Å². The molecule has 0 saturated heterocycles. The van der Waals surface area contributed by atoms with Gasteiger partial charge in [0.15, 0.2) is 0 Å². The molecule has 6 heteroatoms. The van der Waals surface area contributed by atoms with E-state index >= 15 is 0 Å². The largest absolute Gasteiger partial charge is 0.272 e. The second-order valence-electron chi connectivity index (χ2n) is 8.62. The molecule has 0 aliphatic carbocycles. The van der Waals surface area contributed by atoms with Crippen LogP contribution in [-0.4, -0.2) is 39.5 Å². The van der Waals surface area contributed by atoms with Crippen molar-refractivity contribution in [3.8, 4) is 0 Å². The van der Waals surface area contributed by atoms with Gasteiger partial charge in [-0.3, -0.25) is 29.0 Å². The van der Waals surface area contributed by atoms with Gasteiger partial charge in [-0.05, 0) is 49.6 Å². The lowest BCUT2D eigenvalue weighted by Gasteiger charge is -2.36. The zero-order valence-corrected chi connectivity index (χ0v) is 18.8. The summed E-state index contributed by atoms with van der Waals surface area (Å²) in [5.74, 6) is -1.58. The van der Waals surface area contributed by atoms with Crippen molar-refractivity contribution in [1.29, 1.82) is 0 Å². The highest BCUT2D eigenvalue weighted by Gasteiger charge is 2.42. The van der Waals surface area contributed by atoms with Crippen LogP contribution in [0.4, 0.5) is 0 Å². The lowest BCUT2D eigenvalue weighted by molar-refractivity contribution is 0.0516. The minimum Gasteiger partial charge on any atom is -0.272 e. The Hall–Kier alpha value is -3.80. The molecule has 2 aliphatic rings. The topological polar surface area (TPSA) is 74.8 Å². The molecule has 0 bridgehead atoms. The quantitative estimate of drug-likeness (QED) is 0.525. The molecule has 0 saturated carbocycles. The average molecular weight is 440 g/mol. The number of rotatable bonds is 5. The van der Waals surface area contributed by atoms with Crippen LogP contribution >= 0.6 is 0 Å². The zero-order valence-electron chi connectivity index (χ0n) is 18.8. The van der Waals surface area contributed by atoms with Gasteiger partial charge in [0.2, 0.25) is 0 Å². The molecule has 2 atom stereocenters. The molecule has 0 N–H and O–H groups in total. The van der Waals surface area contributed by atoms with E-state index in [1.807, 2.05) is 51.1 Å². The van der Waals surface area contributed by atoms with Crippen LogP contribution in [0.5, 0.6) is 0 Å². The number of hydrogen-bond acceptors (Lipinski definition) is 4. The predicted molar refractivity (Wildman–Crippen MR) is 124 cm³/mol. The van der Waals surface area contributed by atoms with Crippen molar-refractivity contribution in [2.24, 2.45) is 0 Å². The van der Waals surface area contributed by atoms with E-state index in [9.17, 15) is 19.2 Å². The molecule has 3 aromatic carbocycles. The van der Waals surface area contributed by atoms with Gasteiger partial charge in [-0.2, -0.15) is 0 Å².